The summed E-state index contributed by atoms with van der Waals surface area (Å²) < 4.78 is 50.1. The standard InChI is InChI=1S/C12H6ClF4N/c13-11-10(5-9(14)6-18-11)7-1-3-8(4-2-7)12(15,16)17/h1-6H. The molecule has 2 rings (SSSR count). The number of hydrogen-bond donors (Lipinski definition) is 0. The Labute approximate surface area is 105 Å². The van der Waals surface area contributed by atoms with Crippen LogP contribution < -0.4 is 0 Å². The molecular weight excluding hydrogens is 270 g/mol. The van der Waals surface area contributed by atoms with Gasteiger partial charge in [0, 0.05) is 5.56 Å². The van der Waals surface area contributed by atoms with Gasteiger partial charge in [0.15, 0.2) is 0 Å². The van der Waals surface area contributed by atoms with Crippen molar-refractivity contribution >= 4 is 11.6 Å². The molecule has 0 unspecified atom stereocenters. The minimum absolute atomic E-state index is 0.0381. The highest BCUT2D eigenvalue weighted by molar-refractivity contribution is 6.32. The van der Waals surface area contributed by atoms with E-state index in [2.05, 4.69) is 4.98 Å². The molecule has 0 aliphatic rings. The lowest BCUT2D eigenvalue weighted by atomic mass is 10.1. The topological polar surface area (TPSA) is 12.9 Å². The van der Waals surface area contributed by atoms with Crippen LogP contribution in [0, 0.1) is 5.82 Å². The molecule has 0 spiro atoms. The predicted octanol–water partition coefficient (Wildman–Crippen LogP) is 4.56. The zero-order chi connectivity index (χ0) is 13.3. The van der Waals surface area contributed by atoms with Crippen molar-refractivity contribution in [3.8, 4) is 11.1 Å². The summed E-state index contributed by atoms with van der Waals surface area (Å²) in [5.74, 6) is -0.603. The molecule has 0 saturated carbocycles. The van der Waals surface area contributed by atoms with Crippen LogP contribution in [-0.2, 0) is 6.18 Å². The molecule has 0 atom stereocenters. The third-order valence-electron chi connectivity index (χ3n) is 2.33. The summed E-state index contributed by atoms with van der Waals surface area (Å²) in [5.41, 5.74) is -0.142. The molecule has 1 nitrogen and oxygen atoms in total. The van der Waals surface area contributed by atoms with E-state index in [0.717, 1.165) is 24.4 Å². The molecule has 0 aliphatic heterocycles. The zero-order valence-electron chi connectivity index (χ0n) is 8.80. The number of halogens is 5. The maximum atomic E-state index is 13.0. The first-order valence-corrected chi connectivity index (χ1v) is 5.24. The summed E-state index contributed by atoms with van der Waals surface area (Å²) in [6, 6.07) is 5.40. The molecule has 0 bridgehead atoms. The molecule has 0 saturated heterocycles. The number of nitrogens with zero attached hydrogens (tertiary/aromatic N) is 1. The van der Waals surface area contributed by atoms with E-state index in [1.165, 1.54) is 12.1 Å². The first-order chi connectivity index (χ1) is 8.38. The van der Waals surface area contributed by atoms with Crippen molar-refractivity contribution in [3.05, 3.63) is 53.1 Å². The summed E-state index contributed by atoms with van der Waals surface area (Å²) in [6.07, 6.45) is -3.46. The Morgan fingerprint density at radius 2 is 1.67 bits per heavy atom. The Balaban J connectivity index is 2.43. The fourth-order valence-electron chi connectivity index (χ4n) is 1.46. The number of pyridine rings is 1. The van der Waals surface area contributed by atoms with Crippen molar-refractivity contribution in [2.75, 3.05) is 0 Å². The van der Waals surface area contributed by atoms with E-state index in [4.69, 9.17) is 11.6 Å². The van der Waals surface area contributed by atoms with Gasteiger partial charge in [-0.3, -0.25) is 0 Å². The van der Waals surface area contributed by atoms with Crippen LogP contribution in [0.15, 0.2) is 36.5 Å². The van der Waals surface area contributed by atoms with Crippen molar-refractivity contribution in [2.24, 2.45) is 0 Å². The summed E-state index contributed by atoms with van der Waals surface area (Å²) in [4.78, 5) is 3.59. The Morgan fingerprint density at radius 3 is 2.22 bits per heavy atom. The lowest BCUT2D eigenvalue weighted by Gasteiger charge is -2.08. The lowest BCUT2D eigenvalue weighted by Crippen LogP contribution is -2.04. The second-order valence-corrected chi connectivity index (χ2v) is 3.93. The van der Waals surface area contributed by atoms with Crippen LogP contribution in [0.4, 0.5) is 17.6 Å². The average molecular weight is 276 g/mol. The second-order valence-electron chi connectivity index (χ2n) is 3.57. The molecule has 6 heteroatoms. The molecule has 0 N–H and O–H groups in total. The van der Waals surface area contributed by atoms with Gasteiger partial charge >= 0.3 is 6.18 Å². The predicted molar refractivity (Wildman–Crippen MR) is 59.6 cm³/mol. The van der Waals surface area contributed by atoms with Gasteiger partial charge in [0.05, 0.1) is 11.8 Å². The van der Waals surface area contributed by atoms with Crippen molar-refractivity contribution in [1.82, 2.24) is 4.98 Å². The zero-order valence-corrected chi connectivity index (χ0v) is 9.56. The molecule has 0 aliphatic carbocycles. The first kappa shape index (κ1) is 12.8. The fraction of sp³-hybridized carbons (Fsp3) is 0.0833. The molecular formula is C12H6ClF4N. The van der Waals surface area contributed by atoms with E-state index in [0.29, 0.717) is 5.56 Å². The monoisotopic (exact) mass is 275 g/mol. The summed E-state index contributed by atoms with van der Waals surface area (Å²) >= 11 is 5.76. The van der Waals surface area contributed by atoms with E-state index in [1.807, 2.05) is 0 Å². The quantitative estimate of drug-likeness (QED) is 0.549. The van der Waals surface area contributed by atoms with E-state index < -0.39 is 17.6 Å². The van der Waals surface area contributed by atoms with Crippen LogP contribution in [0.5, 0.6) is 0 Å². The number of benzene rings is 1. The number of hydrogen-bond acceptors (Lipinski definition) is 1. The molecule has 1 heterocycles. The van der Waals surface area contributed by atoms with Crippen LogP contribution in [0.25, 0.3) is 11.1 Å². The van der Waals surface area contributed by atoms with Gasteiger partial charge in [-0.05, 0) is 23.8 Å². The Kier molecular flexibility index (Phi) is 3.26. The molecule has 0 radical (unpaired) electrons. The highest BCUT2D eigenvalue weighted by Crippen LogP contribution is 2.32. The summed E-state index contributed by atoms with van der Waals surface area (Å²) in [5, 5.41) is 0.0381. The van der Waals surface area contributed by atoms with Gasteiger partial charge in [0.25, 0.3) is 0 Å². The smallest absolute Gasteiger partial charge is 0.241 e. The first-order valence-electron chi connectivity index (χ1n) is 4.86. The minimum atomic E-state index is -4.40. The minimum Gasteiger partial charge on any atom is -0.241 e. The van der Waals surface area contributed by atoms with E-state index in [1.54, 1.807) is 0 Å². The normalized spacial score (nSPS) is 11.6. The van der Waals surface area contributed by atoms with Gasteiger partial charge in [-0.1, -0.05) is 23.7 Å². The number of alkyl halides is 3. The molecule has 0 fully saturated rings. The van der Waals surface area contributed by atoms with E-state index >= 15 is 0 Å². The van der Waals surface area contributed by atoms with Gasteiger partial charge in [0.1, 0.15) is 11.0 Å². The van der Waals surface area contributed by atoms with E-state index in [-0.39, 0.29) is 10.7 Å². The second kappa shape index (κ2) is 4.57. The Morgan fingerprint density at radius 1 is 1.06 bits per heavy atom. The Bertz CT molecular complexity index is 563. The average Bonchev–Trinajstić information content (AvgIpc) is 2.31. The molecule has 1 aromatic heterocycles. The van der Waals surface area contributed by atoms with Crippen molar-refractivity contribution < 1.29 is 17.6 Å². The van der Waals surface area contributed by atoms with Gasteiger partial charge in [0.2, 0.25) is 0 Å². The van der Waals surface area contributed by atoms with Crippen LogP contribution in [-0.4, -0.2) is 4.98 Å². The summed E-state index contributed by atoms with van der Waals surface area (Å²) in [6.45, 7) is 0. The highest BCUT2D eigenvalue weighted by Gasteiger charge is 2.30. The largest absolute Gasteiger partial charge is 0.416 e. The summed E-state index contributed by atoms with van der Waals surface area (Å²) in [7, 11) is 0. The van der Waals surface area contributed by atoms with Gasteiger partial charge in [-0.2, -0.15) is 13.2 Å². The highest BCUT2D eigenvalue weighted by atomic mass is 35.5. The third kappa shape index (κ3) is 2.61. The van der Waals surface area contributed by atoms with Crippen molar-refractivity contribution in [2.45, 2.75) is 6.18 Å². The SMILES string of the molecule is Fc1cnc(Cl)c(-c2ccc(C(F)(F)F)cc2)c1. The molecule has 0 amide bonds. The van der Waals surface area contributed by atoms with Gasteiger partial charge in [-0.25, -0.2) is 9.37 Å². The molecule has 1 aromatic carbocycles. The molecule has 94 valence electrons. The maximum absolute atomic E-state index is 13.0. The molecule has 18 heavy (non-hydrogen) atoms. The molecule has 2 aromatic rings. The Hall–Kier alpha value is -1.62. The van der Waals surface area contributed by atoms with Crippen LogP contribution in [0.3, 0.4) is 0 Å². The van der Waals surface area contributed by atoms with Gasteiger partial charge < -0.3 is 0 Å². The van der Waals surface area contributed by atoms with Crippen LogP contribution in [0.1, 0.15) is 5.56 Å². The number of aromatic nitrogens is 1. The van der Waals surface area contributed by atoms with E-state index in [9.17, 15) is 17.6 Å². The lowest BCUT2D eigenvalue weighted by molar-refractivity contribution is -0.137. The van der Waals surface area contributed by atoms with Gasteiger partial charge in [-0.15, -0.1) is 0 Å². The number of rotatable bonds is 1. The third-order valence-corrected chi connectivity index (χ3v) is 2.63. The van der Waals surface area contributed by atoms with Crippen molar-refractivity contribution in [1.29, 1.82) is 0 Å². The fourth-order valence-corrected chi connectivity index (χ4v) is 1.68. The van der Waals surface area contributed by atoms with Crippen LogP contribution >= 0.6 is 11.6 Å². The van der Waals surface area contributed by atoms with Crippen LogP contribution in [0.2, 0.25) is 5.15 Å². The van der Waals surface area contributed by atoms with Crippen molar-refractivity contribution in [3.63, 3.8) is 0 Å². The maximum Gasteiger partial charge on any atom is 0.416 e.